The van der Waals surface area contributed by atoms with Gasteiger partial charge in [-0.05, 0) is 24.4 Å². The summed E-state index contributed by atoms with van der Waals surface area (Å²) in [6.45, 7) is 1.04. The molecule has 14 heavy (non-hydrogen) atoms. The van der Waals surface area contributed by atoms with Crippen molar-refractivity contribution in [3.8, 4) is 0 Å². The molecular weight excluding hydrogens is 218 g/mol. The number of ketones is 1. The number of halogens is 3. The molecule has 0 aliphatic carbocycles. The Morgan fingerprint density at radius 1 is 1.43 bits per heavy atom. The molecule has 0 unspecified atom stereocenters. The highest BCUT2D eigenvalue weighted by Gasteiger charge is 2.34. The Balaban J connectivity index is 2.11. The zero-order valence-corrected chi connectivity index (χ0v) is 8.23. The average molecular weight is 229 g/mol. The largest absolute Gasteiger partial charge is 0.380 e. The molecule has 1 aliphatic rings. The van der Waals surface area contributed by atoms with E-state index in [1.54, 1.807) is 0 Å². The van der Waals surface area contributed by atoms with Crippen molar-refractivity contribution in [3.05, 3.63) is 0 Å². The second-order valence-electron chi connectivity index (χ2n) is 2.98. The van der Waals surface area contributed by atoms with Gasteiger partial charge in [-0.2, -0.15) is 8.78 Å². The van der Waals surface area contributed by atoms with E-state index in [4.69, 9.17) is 9.47 Å². The van der Waals surface area contributed by atoms with Crippen molar-refractivity contribution in [2.45, 2.75) is 30.9 Å². The summed E-state index contributed by atoms with van der Waals surface area (Å²) < 4.78 is 34.5. The first-order valence-corrected chi connectivity index (χ1v) is 4.71. The third-order valence-electron chi connectivity index (χ3n) is 1.85. The second-order valence-corrected chi connectivity index (χ2v) is 3.46. The lowest BCUT2D eigenvalue weighted by atomic mass is 10.2. The van der Waals surface area contributed by atoms with Crippen LogP contribution in [0.4, 0.5) is 8.78 Å². The number of carbonyl (C=O) groups excluding carboxylic acids is 1. The van der Waals surface area contributed by atoms with Crippen LogP contribution in [0, 0.1) is 0 Å². The van der Waals surface area contributed by atoms with Crippen molar-refractivity contribution < 1.29 is 23.0 Å². The van der Waals surface area contributed by atoms with E-state index in [9.17, 15) is 13.6 Å². The van der Waals surface area contributed by atoms with Crippen molar-refractivity contribution in [1.82, 2.24) is 0 Å². The molecule has 0 aromatic carbocycles. The minimum atomic E-state index is -3.74. The molecule has 1 fully saturated rings. The summed E-state index contributed by atoms with van der Waals surface area (Å²) in [6.07, 6.45) is 0.135. The van der Waals surface area contributed by atoms with Gasteiger partial charge < -0.3 is 9.47 Å². The molecule has 3 nitrogen and oxygen atoms in total. The predicted octanol–water partition coefficient (Wildman–Crippen LogP) is 1.93. The number of hydrogen-bond acceptors (Lipinski definition) is 3. The maximum Gasteiger partial charge on any atom is 0.380 e. The van der Waals surface area contributed by atoms with Crippen LogP contribution in [0.2, 0.25) is 0 Å². The normalized spacial score (nSPS) is 18.8. The van der Waals surface area contributed by atoms with Gasteiger partial charge in [-0.1, -0.05) is 0 Å². The van der Waals surface area contributed by atoms with Crippen molar-refractivity contribution in [1.29, 1.82) is 0 Å². The lowest BCUT2D eigenvalue weighted by Crippen LogP contribution is -2.21. The first-order chi connectivity index (χ1) is 6.50. The van der Waals surface area contributed by atoms with Gasteiger partial charge in [-0.3, -0.25) is 4.79 Å². The van der Waals surface area contributed by atoms with Crippen LogP contribution in [0.25, 0.3) is 0 Å². The summed E-state index contributed by atoms with van der Waals surface area (Å²) in [6, 6.07) is 0. The molecule has 1 aliphatic heterocycles. The first kappa shape index (κ1) is 11.8. The smallest absolute Gasteiger partial charge is 0.350 e. The topological polar surface area (TPSA) is 35.5 Å². The molecule has 0 aromatic heterocycles. The number of Topliss-reactive ketones (excluding diaryl/α,β-unsaturated/α-hetero) is 1. The number of hydrogen-bond donors (Lipinski definition) is 0. The van der Waals surface area contributed by atoms with Crippen LogP contribution in [0.15, 0.2) is 0 Å². The Morgan fingerprint density at radius 3 is 2.50 bits per heavy atom. The summed E-state index contributed by atoms with van der Waals surface area (Å²) in [4.78, 5) is 10.7. The molecule has 0 atom stereocenters. The lowest BCUT2D eigenvalue weighted by molar-refractivity contribution is -0.133. The zero-order valence-electron chi connectivity index (χ0n) is 7.47. The highest BCUT2D eigenvalue weighted by molar-refractivity contribution is 6.32. The van der Waals surface area contributed by atoms with Crippen LogP contribution in [-0.2, 0) is 14.3 Å². The molecule has 0 saturated carbocycles. The fourth-order valence-electron chi connectivity index (χ4n) is 1.14. The van der Waals surface area contributed by atoms with Crippen LogP contribution in [0.5, 0.6) is 0 Å². The summed E-state index contributed by atoms with van der Waals surface area (Å²) in [5, 5.41) is -3.74. The van der Waals surface area contributed by atoms with Gasteiger partial charge >= 0.3 is 5.38 Å². The SMILES string of the molecule is O=C(CCCC1OCCO1)C(F)(F)Cl. The standard InChI is InChI=1S/C8H11ClF2O3/c9-8(10,11)6(12)2-1-3-7-13-4-5-14-7/h7H,1-5H2. The molecule has 0 amide bonds. The van der Waals surface area contributed by atoms with Crippen molar-refractivity contribution >= 4 is 17.4 Å². The van der Waals surface area contributed by atoms with E-state index in [0.29, 0.717) is 26.1 Å². The highest BCUT2D eigenvalue weighted by atomic mass is 35.5. The Hall–Kier alpha value is -0.260. The fraction of sp³-hybridized carbons (Fsp3) is 0.875. The summed E-state index contributed by atoms with van der Waals surface area (Å²) in [7, 11) is 0. The van der Waals surface area contributed by atoms with Crippen molar-refractivity contribution in [2.24, 2.45) is 0 Å². The monoisotopic (exact) mass is 228 g/mol. The molecule has 0 radical (unpaired) electrons. The van der Waals surface area contributed by atoms with Crippen molar-refractivity contribution in [3.63, 3.8) is 0 Å². The van der Waals surface area contributed by atoms with Crippen LogP contribution < -0.4 is 0 Å². The van der Waals surface area contributed by atoms with Gasteiger partial charge in [0, 0.05) is 6.42 Å². The van der Waals surface area contributed by atoms with E-state index in [-0.39, 0.29) is 12.7 Å². The summed E-state index contributed by atoms with van der Waals surface area (Å²) in [5.41, 5.74) is 0. The Morgan fingerprint density at radius 2 is 2.00 bits per heavy atom. The second kappa shape index (κ2) is 5.00. The first-order valence-electron chi connectivity index (χ1n) is 4.33. The quantitative estimate of drug-likeness (QED) is 0.675. The number of carbonyl (C=O) groups is 1. The van der Waals surface area contributed by atoms with Gasteiger partial charge in [0.05, 0.1) is 13.2 Å². The van der Waals surface area contributed by atoms with Gasteiger partial charge in [0.1, 0.15) is 0 Å². The minimum absolute atomic E-state index is 0.250. The Bertz CT molecular complexity index is 199. The summed E-state index contributed by atoms with van der Waals surface area (Å²) >= 11 is 4.53. The summed E-state index contributed by atoms with van der Waals surface area (Å²) in [5.74, 6) is -1.25. The molecule has 0 aromatic rings. The van der Waals surface area contributed by atoms with E-state index >= 15 is 0 Å². The van der Waals surface area contributed by atoms with Crippen LogP contribution >= 0.6 is 11.6 Å². The van der Waals surface area contributed by atoms with Gasteiger partial charge in [0.2, 0.25) is 5.78 Å². The molecule has 1 rings (SSSR count). The zero-order chi connectivity index (χ0) is 10.6. The molecule has 1 heterocycles. The molecule has 82 valence electrons. The Kier molecular flexibility index (Phi) is 4.22. The van der Waals surface area contributed by atoms with Crippen LogP contribution in [0.3, 0.4) is 0 Å². The van der Waals surface area contributed by atoms with E-state index in [0.717, 1.165) is 0 Å². The molecule has 0 bridgehead atoms. The Labute approximate surface area is 85.3 Å². The van der Waals surface area contributed by atoms with Crippen molar-refractivity contribution in [2.75, 3.05) is 13.2 Å². The maximum atomic E-state index is 12.2. The maximum absolute atomic E-state index is 12.2. The minimum Gasteiger partial charge on any atom is -0.350 e. The van der Waals surface area contributed by atoms with E-state index in [2.05, 4.69) is 11.6 Å². The molecule has 1 saturated heterocycles. The van der Waals surface area contributed by atoms with Gasteiger partial charge in [0.15, 0.2) is 6.29 Å². The number of ether oxygens (including phenoxy) is 2. The van der Waals surface area contributed by atoms with Crippen LogP contribution in [-0.4, -0.2) is 30.7 Å². The van der Waals surface area contributed by atoms with Gasteiger partial charge in [0.25, 0.3) is 0 Å². The third kappa shape index (κ3) is 3.86. The van der Waals surface area contributed by atoms with E-state index < -0.39 is 11.2 Å². The predicted molar refractivity (Wildman–Crippen MR) is 45.4 cm³/mol. The fourth-order valence-corrected chi connectivity index (χ4v) is 1.24. The molecule has 6 heteroatoms. The van der Waals surface area contributed by atoms with E-state index in [1.165, 1.54) is 0 Å². The van der Waals surface area contributed by atoms with Gasteiger partial charge in [-0.25, -0.2) is 0 Å². The number of alkyl halides is 3. The van der Waals surface area contributed by atoms with E-state index in [1.807, 2.05) is 0 Å². The number of rotatable bonds is 5. The molecule has 0 spiro atoms. The molecular formula is C8H11ClF2O3. The van der Waals surface area contributed by atoms with Gasteiger partial charge in [-0.15, -0.1) is 0 Å². The lowest BCUT2D eigenvalue weighted by Gasteiger charge is -2.09. The highest BCUT2D eigenvalue weighted by Crippen LogP contribution is 2.23. The average Bonchev–Trinajstić information content (AvgIpc) is 2.55. The molecule has 0 N–H and O–H groups in total. The van der Waals surface area contributed by atoms with Crippen LogP contribution in [0.1, 0.15) is 19.3 Å². The third-order valence-corrected chi connectivity index (χ3v) is 2.06.